The fraction of sp³-hybridized carbons (Fsp3) is 0.400. The van der Waals surface area contributed by atoms with Gasteiger partial charge in [0, 0.05) is 17.4 Å². The van der Waals surface area contributed by atoms with Gasteiger partial charge in [-0.25, -0.2) is 0 Å². The maximum absolute atomic E-state index is 12.8. The van der Waals surface area contributed by atoms with Crippen LogP contribution in [-0.4, -0.2) is 11.6 Å². The molecule has 4 rings (SSSR count). The summed E-state index contributed by atoms with van der Waals surface area (Å²) in [5, 5.41) is 0. The molecule has 3 atom stereocenters. The molecule has 3 heteroatoms. The summed E-state index contributed by atoms with van der Waals surface area (Å²) in [6.45, 7) is 2.07. The van der Waals surface area contributed by atoms with Crippen LogP contribution in [0.2, 0.25) is 0 Å². The molecule has 2 aromatic rings. The van der Waals surface area contributed by atoms with Crippen LogP contribution in [0.15, 0.2) is 41.2 Å². The lowest BCUT2D eigenvalue weighted by atomic mass is 9.73. The minimum atomic E-state index is -0.553. The maximum Gasteiger partial charge on any atom is 0.150 e. The van der Waals surface area contributed by atoms with Crippen LogP contribution in [0.1, 0.15) is 43.2 Å². The van der Waals surface area contributed by atoms with E-state index in [1.54, 1.807) is 12.5 Å². The first-order valence-electron chi connectivity index (χ1n) is 8.42. The monoisotopic (exact) mass is 308 g/mol. The Balaban J connectivity index is 1.82. The predicted octanol–water partition coefficient (Wildman–Crippen LogP) is 4.16. The molecule has 0 radical (unpaired) electrons. The topological polar surface area (TPSA) is 47.3 Å². The van der Waals surface area contributed by atoms with Gasteiger partial charge >= 0.3 is 0 Å². The van der Waals surface area contributed by atoms with Crippen molar-refractivity contribution < 1.29 is 14.0 Å². The Hall–Kier alpha value is -2.16. The lowest BCUT2D eigenvalue weighted by Gasteiger charge is -2.27. The number of hydrogen-bond acceptors (Lipinski definition) is 3. The van der Waals surface area contributed by atoms with Crippen LogP contribution in [0.25, 0.3) is 11.1 Å². The van der Waals surface area contributed by atoms with Gasteiger partial charge < -0.3 is 4.42 Å². The molecular formula is C20H20O3. The van der Waals surface area contributed by atoms with Crippen LogP contribution in [-0.2, 0) is 16.0 Å². The van der Waals surface area contributed by atoms with Gasteiger partial charge in [0.15, 0.2) is 11.6 Å². The zero-order valence-corrected chi connectivity index (χ0v) is 13.2. The Morgan fingerprint density at radius 3 is 2.39 bits per heavy atom. The van der Waals surface area contributed by atoms with Gasteiger partial charge in [0.25, 0.3) is 0 Å². The van der Waals surface area contributed by atoms with Gasteiger partial charge in [-0.3, -0.25) is 9.59 Å². The molecular weight excluding hydrogens is 288 g/mol. The summed E-state index contributed by atoms with van der Waals surface area (Å²) in [7, 11) is 0. The summed E-state index contributed by atoms with van der Waals surface area (Å²) >= 11 is 0. The van der Waals surface area contributed by atoms with E-state index in [1.165, 1.54) is 0 Å². The van der Waals surface area contributed by atoms with E-state index in [4.69, 9.17) is 4.42 Å². The fourth-order valence-corrected chi connectivity index (χ4v) is 4.21. The molecule has 1 aromatic carbocycles. The van der Waals surface area contributed by atoms with E-state index < -0.39 is 5.92 Å². The number of carbonyl (C=O) groups is 2. The third-order valence-electron chi connectivity index (χ3n) is 5.50. The van der Waals surface area contributed by atoms with E-state index >= 15 is 0 Å². The normalized spacial score (nSPS) is 26.7. The van der Waals surface area contributed by atoms with Crippen LogP contribution in [0, 0.1) is 11.8 Å². The number of fused-ring (bicyclic) bond motifs is 2. The van der Waals surface area contributed by atoms with E-state index in [-0.39, 0.29) is 23.4 Å². The average Bonchev–Trinajstić information content (AvgIpc) is 3.24. The zero-order valence-electron chi connectivity index (χ0n) is 13.2. The fourth-order valence-electron chi connectivity index (χ4n) is 4.21. The van der Waals surface area contributed by atoms with Crippen LogP contribution >= 0.6 is 0 Å². The molecule has 0 N–H and O–H groups in total. The first-order chi connectivity index (χ1) is 11.2. The zero-order chi connectivity index (χ0) is 16.0. The maximum atomic E-state index is 12.8. The number of ketones is 2. The van der Waals surface area contributed by atoms with Gasteiger partial charge in [0.2, 0.25) is 0 Å². The number of hydrogen-bond donors (Lipinski definition) is 0. The first-order valence-corrected chi connectivity index (χ1v) is 8.42. The molecule has 1 aromatic heterocycles. The van der Waals surface area contributed by atoms with Crippen LogP contribution in [0.3, 0.4) is 0 Å². The molecule has 0 spiro atoms. The second-order valence-electron chi connectivity index (χ2n) is 6.72. The van der Waals surface area contributed by atoms with Crippen LogP contribution in [0.5, 0.6) is 0 Å². The van der Waals surface area contributed by atoms with E-state index in [1.807, 2.05) is 18.2 Å². The quantitative estimate of drug-likeness (QED) is 0.800. The molecule has 118 valence electrons. The molecule has 1 heterocycles. The van der Waals surface area contributed by atoms with E-state index in [0.29, 0.717) is 0 Å². The molecule has 0 amide bonds. The van der Waals surface area contributed by atoms with Gasteiger partial charge in [-0.1, -0.05) is 19.1 Å². The molecule has 23 heavy (non-hydrogen) atoms. The Kier molecular flexibility index (Phi) is 3.44. The molecule has 2 aliphatic rings. The van der Waals surface area contributed by atoms with Crippen LogP contribution in [0.4, 0.5) is 0 Å². The van der Waals surface area contributed by atoms with Gasteiger partial charge in [-0.2, -0.15) is 0 Å². The summed E-state index contributed by atoms with van der Waals surface area (Å²) < 4.78 is 5.16. The number of carbonyl (C=O) groups excluding carboxylic acids is 2. The van der Waals surface area contributed by atoms with Crippen molar-refractivity contribution in [3.8, 4) is 11.1 Å². The highest BCUT2D eigenvalue weighted by molar-refractivity contribution is 6.12. The van der Waals surface area contributed by atoms with Crippen molar-refractivity contribution >= 4 is 11.6 Å². The Morgan fingerprint density at radius 2 is 1.78 bits per heavy atom. The molecule has 2 aliphatic carbocycles. The smallest absolute Gasteiger partial charge is 0.150 e. The minimum Gasteiger partial charge on any atom is -0.472 e. The second kappa shape index (κ2) is 5.48. The molecule has 1 unspecified atom stereocenters. The number of furan rings is 1. The average molecular weight is 308 g/mol. The van der Waals surface area contributed by atoms with Gasteiger partial charge in [-0.05, 0) is 54.5 Å². The molecule has 3 nitrogen and oxygen atoms in total. The predicted molar refractivity (Wildman–Crippen MR) is 87.1 cm³/mol. The van der Waals surface area contributed by atoms with Gasteiger partial charge in [0.1, 0.15) is 5.92 Å². The highest BCUT2D eigenvalue weighted by atomic mass is 16.3. The van der Waals surface area contributed by atoms with Crippen molar-refractivity contribution in [3.05, 3.63) is 47.9 Å². The van der Waals surface area contributed by atoms with Crippen LogP contribution < -0.4 is 0 Å². The summed E-state index contributed by atoms with van der Waals surface area (Å²) in [6.07, 6.45) is 6.70. The van der Waals surface area contributed by atoms with Crippen molar-refractivity contribution in [2.45, 2.75) is 38.5 Å². The SMILES string of the molecule is CCc1ccc(-c2ccoc2)cc1C1C(=O)[C@@H]2CC[C@@H](C2)C1=O. The Morgan fingerprint density at radius 1 is 1.04 bits per heavy atom. The molecule has 2 fully saturated rings. The lowest BCUT2D eigenvalue weighted by molar-refractivity contribution is -0.135. The second-order valence-corrected chi connectivity index (χ2v) is 6.72. The summed E-state index contributed by atoms with van der Waals surface area (Å²) in [4.78, 5) is 25.6. The van der Waals surface area contributed by atoms with Crippen molar-refractivity contribution in [2.24, 2.45) is 11.8 Å². The van der Waals surface area contributed by atoms with E-state index in [0.717, 1.165) is 47.9 Å². The van der Waals surface area contributed by atoms with Gasteiger partial charge in [0.05, 0.1) is 12.5 Å². The molecule has 0 aliphatic heterocycles. The van der Waals surface area contributed by atoms with Crippen molar-refractivity contribution in [1.29, 1.82) is 0 Å². The highest BCUT2D eigenvalue weighted by Crippen LogP contribution is 2.45. The first kappa shape index (κ1) is 14.4. The van der Waals surface area contributed by atoms with Crippen molar-refractivity contribution in [2.75, 3.05) is 0 Å². The number of rotatable bonds is 3. The van der Waals surface area contributed by atoms with Crippen molar-refractivity contribution in [3.63, 3.8) is 0 Å². The van der Waals surface area contributed by atoms with Crippen molar-refractivity contribution in [1.82, 2.24) is 0 Å². The standard InChI is InChI=1S/C20H20O3/c1-2-12-3-4-13(16-7-8-23-11-16)10-17(12)18-19(21)14-5-6-15(9-14)20(18)22/h3-4,7-8,10-11,14-15,18H,2,5-6,9H2,1H3/t14-,15+,18?. The number of aryl methyl sites for hydroxylation is 1. The van der Waals surface area contributed by atoms with E-state index in [9.17, 15) is 9.59 Å². The van der Waals surface area contributed by atoms with E-state index in [2.05, 4.69) is 13.0 Å². The highest BCUT2D eigenvalue weighted by Gasteiger charge is 2.47. The molecule has 0 saturated heterocycles. The third kappa shape index (κ3) is 2.26. The minimum absolute atomic E-state index is 0.0880. The lowest BCUT2D eigenvalue weighted by Crippen LogP contribution is -2.35. The number of benzene rings is 1. The third-order valence-corrected chi connectivity index (χ3v) is 5.50. The molecule has 2 saturated carbocycles. The summed E-state index contributed by atoms with van der Waals surface area (Å²) in [6, 6.07) is 8.02. The number of Topliss-reactive ketones (excluding diaryl/α,β-unsaturated/α-hetero) is 2. The largest absolute Gasteiger partial charge is 0.472 e. The Labute approximate surface area is 135 Å². The Bertz CT molecular complexity index is 735. The van der Waals surface area contributed by atoms with Gasteiger partial charge in [-0.15, -0.1) is 0 Å². The molecule has 2 bridgehead atoms. The summed E-state index contributed by atoms with van der Waals surface area (Å²) in [5.74, 6) is -0.0939. The summed E-state index contributed by atoms with van der Waals surface area (Å²) in [5.41, 5.74) is 4.00.